The summed E-state index contributed by atoms with van der Waals surface area (Å²) < 4.78 is 0. The van der Waals surface area contributed by atoms with E-state index < -0.39 is 0 Å². The lowest BCUT2D eigenvalue weighted by molar-refractivity contribution is 1.02. The highest BCUT2D eigenvalue weighted by molar-refractivity contribution is 5.47. The third-order valence-corrected chi connectivity index (χ3v) is 2.25. The average molecular weight is 189 g/mol. The van der Waals surface area contributed by atoms with Crippen LogP contribution in [0.5, 0.6) is 0 Å². The molecule has 0 aliphatic carbocycles. The Balaban J connectivity index is 2.65. The topological polar surface area (TPSA) is 3.24 Å². The van der Waals surface area contributed by atoms with Crippen LogP contribution in [0.1, 0.15) is 19.4 Å². The third kappa shape index (κ3) is 3.25. The molecule has 0 spiro atoms. The first-order valence-electron chi connectivity index (χ1n) is 5.01. The van der Waals surface area contributed by atoms with Gasteiger partial charge < -0.3 is 4.90 Å². The largest absolute Gasteiger partial charge is 0.371 e. The van der Waals surface area contributed by atoms with E-state index in [1.807, 2.05) is 0 Å². The van der Waals surface area contributed by atoms with Gasteiger partial charge in [-0.05, 0) is 32.9 Å². The molecule has 0 fully saturated rings. The van der Waals surface area contributed by atoms with Gasteiger partial charge in [-0.1, -0.05) is 29.3 Å². The van der Waals surface area contributed by atoms with E-state index in [0.29, 0.717) is 0 Å². The fraction of sp³-hybridized carbons (Fsp3) is 0.385. The van der Waals surface area contributed by atoms with Crippen molar-refractivity contribution in [3.8, 4) is 0 Å². The molecule has 1 nitrogen and oxygen atoms in total. The predicted molar refractivity (Wildman–Crippen MR) is 63.9 cm³/mol. The molecule has 0 aromatic heterocycles. The molecule has 0 atom stereocenters. The Morgan fingerprint density at radius 1 is 1.21 bits per heavy atom. The van der Waals surface area contributed by atoms with Crippen LogP contribution in [0.4, 0.5) is 5.69 Å². The Morgan fingerprint density at radius 3 is 2.29 bits per heavy atom. The van der Waals surface area contributed by atoms with E-state index in [4.69, 9.17) is 0 Å². The normalized spacial score (nSPS) is 9.71. The van der Waals surface area contributed by atoms with Gasteiger partial charge in [-0.3, -0.25) is 0 Å². The average Bonchev–Trinajstić information content (AvgIpc) is 2.15. The first kappa shape index (κ1) is 10.8. The molecule has 0 aliphatic rings. The molecule has 14 heavy (non-hydrogen) atoms. The Labute approximate surface area is 87.1 Å². The van der Waals surface area contributed by atoms with Crippen molar-refractivity contribution in [2.24, 2.45) is 0 Å². The second kappa shape index (κ2) is 4.85. The second-order valence-corrected chi connectivity index (χ2v) is 4.00. The zero-order chi connectivity index (χ0) is 10.6. The van der Waals surface area contributed by atoms with Gasteiger partial charge in [0.1, 0.15) is 0 Å². The van der Waals surface area contributed by atoms with Crippen molar-refractivity contribution in [3.05, 3.63) is 41.5 Å². The van der Waals surface area contributed by atoms with Crippen LogP contribution in [0, 0.1) is 6.92 Å². The number of nitrogens with zero attached hydrogens (tertiary/aromatic N) is 1. The number of aryl methyl sites for hydroxylation is 1. The van der Waals surface area contributed by atoms with Crippen LogP contribution in [-0.2, 0) is 0 Å². The highest BCUT2D eigenvalue weighted by Gasteiger charge is 1.97. The molecular formula is C13H19N. The van der Waals surface area contributed by atoms with Gasteiger partial charge in [0, 0.05) is 19.3 Å². The van der Waals surface area contributed by atoms with Crippen molar-refractivity contribution in [2.75, 3.05) is 18.5 Å². The van der Waals surface area contributed by atoms with E-state index in [1.54, 1.807) is 0 Å². The van der Waals surface area contributed by atoms with Gasteiger partial charge in [0.25, 0.3) is 0 Å². The lowest BCUT2D eigenvalue weighted by Gasteiger charge is -2.17. The van der Waals surface area contributed by atoms with Gasteiger partial charge in [-0.25, -0.2) is 0 Å². The number of likely N-dealkylation sites (N-methyl/N-ethyl adjacent to an activating group) is 1. The molecule has 0 saturated carbocycles. The fourth-order valence-corrected chi connectivity index (χ4v) is 1.22. The highest BCUT2D eigenvalue weighted by atomic mass is 15.1. The SMILES string of the molecule is CC(C)=CCN(C)c1ccc(C)cc1. The van der Waals surface area contributed by atoms with Crippen molar-refractivity contribution in [1.29, 1.82) is 0 Å². The lowest BCUT2D eigenvalue weighted by Crippen LogP contribution is -2.16. The smallest absolute Gasteiger partial charge is 0.0366 e. The van der Waals surface area contributed by atoms with Crippen LogP contribution in [0.2, 0.25) is 0 Å². The number of allylic oxidation sites excluding steroid dienone is 1. The predicted octanol–water partition coefficient (Wildman–Crippen LogP) is 3.40. The van der Waals surface area contributed by atoms with E-state index >= 15 is 0 Å². The zero-order valence-electron chi connectivity index (χ0n) is 9.54. The minimum absolute atomic E-state index is 0.978. The van der Waals surface area contributed by atoms with E-state index in [-0.39, 0.29) is 0 Å². The van der Waals surface area contributed by atoms with Crippen LogP contribution in [0.15, 0.2) is 35.9 Å². The van der Waals surface area contributed by atoms with Crippen molar-refractivity contribution in [1.82, 2.24) is 0 Å². The molecule has 76 valence electrons. The first-order chi connectivity index (χ1) is 6.59. The fourth-order valence-electron chi connectivity index (χ4n) is 1.22. The molecule has 1 rings (SSSR count). The van der Waals surface area contributed by atoms with Crippen molar-refractivity contribution >= 4 is 5.69 Å². The Hall–Kier alpha value is -1.24. The van der Waals surface area contributed by atoms with E-state index in [1.165, 1.54) is 16.8 Å². The Kier molecular flexibility index (Phi) is 3.75. The lowest BCUT2D eigenvalue weighted by atomic mass is 10.2. The maximum absolute atomic E-state index is 2.24. The molecule has 0 saturated heterocycles. The third-order valence-electron chi connectivity index (χ3n) is 2.25. The number of rotatable bonds is 3. The minimum Gasteiger partial charge on any atom is -0.371 e. The molecule has 0 radical (unpaired) electrons. The van der Waals surface area contributed by atoms with Crippen molar-refractivity contribution < 1.29 is 0 Å². The molecule has 1 aromatic rings. The van der Waals surface area contributed by atoms with Crippen LogP contribution < -0.4 is 4.90 Å². The first-order valence-corrected chi connectivity index (χ1v) is 5.01. The minimum atomic E-state index is 0.978. The van der Waals surface area contributed by atoms with E-state index in [2.05, 4.69) is 63.1 Å². The summed E-state index contributed by atoms with van der Waals surface area (Å²) in [5, 5.41) is 0. The van der Waals surface area contributed by atoms with E-state index in [0.717, 1.165) is 6.54 Å². The molecule has 1 heteroatoms. The van der Waals surface area contributed by atoms with Gasteiger partial charge in [0.05, 0.1) is 0 Å². The van der Waals surface area contributed by atoms with Gasteiger partial charge in [-0.15, -0.1) is 0 Å². The van der Waals surface area contributed by atoms with E-state index in [9.17, 15) is 0 Å². The summed E-state index contributed by atoms with van der Waals surface area (Å²) in [4.78, 5) is 2.24. The molecule has 0 amide bonds. The standard InChI is InChI=1S/C13H19N/c1-11(2)9-10-14(4)13-7-5-12(3)6-8-13/h5-9H,10H2,1-4H3. The van der Waals surface area contributed by atoms with Crippen LogP contribution in [0.3, 0.4) is 0 Å². The molecular weight excluding hydrogens is 170 g/mol. The molecule has 0 unspecified atom stereocenters. The molecule has 1 aromatic carbocycles. The van der Waals surface area contributed by atoms with Gasteiger partial charge in [-0.2, -0.15) is 0 Å². The summed E-state index contributed by atoms with van der Waals surface area (Å²) in [6, 6.07) is 8.62. The number of hydrogen-bond acceptors (Lipinski definition) is 1. The summed E-state index contributed by atoms with van der Waals surface area (Å²) in [5.74, 6) is 0. The second-order valence-electron chi connectivity index (χ2n) is 4.00. The summed E-state index contributed by atoms with van der Waals surface area (Å²) in [6.07, 6.45) is 2.24. The molecule has 0 bridgehead atoms. The number of anilines is 1. The Bertz CT molecular complexity index is 305. The van der Waals surface area contributed by atoms with Crippen molar-refractivity contribution in [3.63, 3.8) is 0 Å². The maximum atomic E-state index is 2.24. The summed E-state index contributed by atoms with van der Waals surface area (Å²) >= 11 is 0. The van der Waals surface area contributed by atoms with Crippen LogP contribution >= 0.6 is 0 Å². The zero-order valence-corrected chi connectivity index (χ0v) is 9.54. The Morgan fingerprint density at radius 2 is 1.79 bits per heavy atom. The summed E-state index contributed by atoms with van der Waals surface area (Å²) in [5.41, 5.74) is 3.95. The molecule has 0 aliphatic heterocycles. The molecule has 0 N–H and O–H groups in total. The number of hydrogen-bond donors (Lipinski definition) is 0. The summed E-state index contributed by atoms with van der Waals surface area (Å²) in [7, 11) is 2.12. The molecule has 0 heterocycles. The van der Waals surface area contributed by atoms with Gasteiger partial charge in [0.2, 0.25) is 0 Å². The summed E-state index contributed by atoms with van der Waals surface area (Å²) in [6.45, 7) is 7.34. The van der Waals surface area contributed by atoms with Crippen molar-refractivity contribution in [2.45, 2.75) is 20.8 Å². The highest BCUT2D eigenvalue weighted by Crippen LogP contribution is 2.13. The maximum Gasteiger partial charge on any atom is 0.0366 e. The van der Waals surface area contributed by atoms with Gasteiger partial charge in [0.15, 0.2) is 0 Å². The monoisotopic (exact) mass is 189 g/mol. The van der Waals surface area contributed by atoms with Crippen LogP contribution in [-0.4, -0.2) is 13.6 Å². The van der Waals surface area contributed by atoms with Gasteiger partial charge >= 0.3 is 0 Å². The quantitative estimate of drug-likeness (QED) is 0.659. The van der Waals surface area contributed by atoms with Crippen LogP contribution in [0.25, 0.3) is 0 Å². The number of benzene rings is 1.